The van der Waals surface area contributed by atoms with Crippen LogP contribution in [-0.4, -0.2) is 70.3 Å². The summed E-state index contributed by atoms with van der Waals surface area (Å²) in [5.74, 6) is -1.27. The molecule has 4 rings (SSSR count). The van der Waals surface area contributed by atoms with E-state index in [9.17, 15) is 22.8 Å². The van der Waals surface area contributed by atoms with Gasteiger partial charge in [0.2, 0.25) is 11.7 Å². The van der Waals surface area contributed by atoms with E-state index in [0.717, 1.165) is 25.0 Å². The van der Waals surface area contributed by atoms with Gasteiger partial charge in [0.05, 0.1) is 11.0 Å². The quantitative estimate of drug-likeness (QED) is 0.186. The first-order chi connectivity index (χ1) is 21.1. The van der Waals surface area contributed by atoms with Gasteiger partial charge in [-0.15, -0.1) is 0 Å². The Hall–Kier alpha value is -3.95. The van der Waals surface area contributed by atoms with E-state index in [1.54, 1.807) is 32.7 Å². The molecular formula is C29H38F4N8O3S. The van der Waals surface area contributed by atoms with Crippen LogP contribution in [0.4, 0.5) is 34.0 Å². The third-order valence-electron chi connectivity index (χ3n) is 7.63. The maximum atomic E-state index is 16.0. The number of hydrazine groups is 1. The van der Waals surface area contributed by atoms with Gasteiger partial charge >= 0.3 is 12.3 Å². The van der Waals surface area contributed by atoms with Crippen LogP contribution in [0.3, 0.4) is 0 Å². The zero-order chi connectivity index (χ0) is 33.0. The van der Waals surface area contributed by atoms with Gasteiger partial charge in [0.1, 0.15) is 11.9 Å². The third-order valence-corrected chi connectivity index (χ3v) is 7.94. The van der Waals surface area contributed by atoms with Crippen molar-refractivity contribution in [2.24, 2.45) is 5.41 Å². The zero-order valence-corrected chi connectivity index (χ0v) is 26.4. The van der Waals surface area contributed by atoms with Gasteiger partial charge in [-0.05, 0) is 76.4 Å². The fraction of sp³-hybridized carbons (Fsp3) is 0.552. The lowest BCUT2D eigenvalue weighted by atomic mass is 9.77. The fourth-order valence-corrected chi connectivity index (χ4v) is 4.98. The molecule has 2 aliphatic rings. The number of ether oxygens (including phenoxy) is 1. The largest absolute Gasteiger partial charge is 0.444 e. The number of halogens is 4. The summed E-state index contributed by atoms with van der Waals surface area (Å²) in [6.45, 7) is 5.88. The lowest BCUT2D eigenvalue weighted by Crippen LogP contribution is -2.57. The Bertz CT molecular complexity index is 1380. The Balaban J connectivity index is 1.51. The Morgan fingerprint density at radius 1 is 1.09 bits per heavy atom. The smallest absolute Gasteiger partial charge is 0.416 e. The number of aromatic nitrogens is 2. The second kappa shape index (κ2) is 13.6. The Morgan fingerprint density at radius 3 is 2.29 bits per heavy atom. The van der Waals surface area contributed by atoms with Crippen LogP contribution in [0.15, 0.2) is 30.6 Å². The minimum Gasteiger partial charge on any atom is -0.444 e. The van der Waals surface area contributed by atoms with Gasteiger partial charge in [-0.25, -0.2) is 14.8 Å². The number of thiocarbonyl (C=S) groups is 1. The maximum absolute atomic E-state index is 16.0. The lowest BCUT2D eigenvalue weighted by Gasteiger charge is -2.41. The Kier molecular flexibility index (Phi) is 10.2. The first-order valence-electron chi connectivity index (χ1n) is 14.5. The number of rotatable bonds is 8. The monoisotopic (exact) mass is 654 g/mol. The molecule has 1 saturated heterocycles. The molecule has 1 aromatic heterocycles. The average molecular weight is 655 g/mol. The number of carbonyl (C=O) groups excluding carboxylic acids is 2. The van der Waals surface area contributed by atoms with E-state index in [0.29, 0.717) is 5.56 Å². The number of nitrogens with one attached hydrogen (secondary N) is 4. The van der Waals surface area contributed by atoms with Crippen LogP contribution in [0.2, 0.25) is 0 Å². The van der Waals surface area contributed by atoms with Crippen molar-refractivity contribution < 1.29 is 31.9 Å². The van der Waals surface area contributed by atoms with Gasteiger partial charge in [-0.3, -0.25) is 15.6 Å². The van der Waals surface area contributed by atoms with Crippen LogP contribution in [0.25, 0.3) is 0 Å². The number of likely N-dealkylation sites (tertiary alicyclic amines) is 1. The van der Waals surface area contributed by atoms with E-state index in [-0.39, 0.29) is 61.8 Å². The zero-order valence-electron chi connectivity index (χ0n) is 25.6. The van der Waals surface area contributed by atoms with Gasteiger partial charge < -0.3 is 25.2 Å². The third kappa shape index (κ3) is 8.83. The van der Waals surface area contributed by atoms with Crippen LogP contribution in [0.5, 0.6) is 0 Å². The molecule has 0 atom stereocenters. The summed E-state index contributed by atoms with van der Waals surface area (Å²) in [5, 5.41) is 5.88. The van der Waals surface area contributed by atoms with Crippen LogP contribution in [-0.2, 0) is 22.3 Å². The molecule has 2 aromatic rings. The summed E-state index contributed by atoms with van der Waals surface area (Å²) < 4.78 is 60.5. The maximum Gasteiger partial charge on any atom is 0.416 e. The summed E-state index contributed by atoms with van der Waals surface area (Å²) in [7, 11) is 1.59. The number of alkyl halides is 3. The predicted molar refractivity (Wildman–Crippen MR) is 164 cm³/mol. The summed E-state index contributed by atoms with van der Waals surface area (Å²) in [6.07, 6.45) is -1.70. The van der Waals surface area contributed by atoms with E-state index >= 15 is 4.39 Å². The number of nitrogens with zero attached hydrogens (tertiary/aromatic N) is 4. The van der Waals surface area contributed by atoms with Crippen molar-refractivity contribution in [3.05, 3.63) is 47.5 Å². The second-order valence-electron chi connectivity index (χ2n) is 12.2. The van der Waals surface area contributed by atoms with Crippen LogP contribution < -0.4 is 26.4 Å². The van der Waals surface area contributed by atoms with Crippen LogP contribution >= 0.6 is 12.2 Å². The van der Waals surface area contributed by atoms with Crippen LogP contribution in [0, 0.1) is 11.2 Å². The molecule has 45 heavy (non-hydrogen) atoms. The van der Waals surface area contributed by atoms with Gasteiger partial charge in [0.15, 0.2) is 16.7 Å². The van der Waals surface area contributed by atoms with Gasteiger partial charge in [0.25, 0.3) is 0 Å². The van der Waals surface area contributed by atoms with E-state index in [2.05, 4.69) is 31.5 Å². The number of benzene rings is 1. The van der Waals surface area contributed by atoms with Crippen molar-refractivity contribution in [1.82, 2.24) is 31.0 Å². The number of hydrogen-bond donors (Lipinski definition) is 4. The lowest BCUT2D eigenvalue weighted by molar-refractivity contribution is -0.137. The first kappa shape index (κ1) is 33.9. The second-order valence-corrected chi connectivity index (χ2v) is 12.6. The first-order valence-corrected chi connectivity index (χ1v) is 15.0. The topological polar surface area (TPSA) is 124 Å². The summed E-state index contributed by atoms with van der Waals surface area (Å²) in [6, 6.07) is 4.72. The molecule has 16 heteroatoms. The van der Waals surface area contributed by atoms with Crippen molar-refractivity contribution in [2.45, 2.75) is 70.8 Å². The average Bonchev–Trinajstić information content (AvgIpc) is 3.83. The van der Waals surface area contributed by atoms with Crippen molar-refractivity contribution in [2.75, 3.05) is 36.9 Å². The van der Waals surface area contributed by atoms with Gasteiger partial charge in [-0.2, -0.15) is 17.6 Å². The van der Waals surface area contributed by atoms with Crippen molar-refractivity contribution in [1.29, 1.82) is 0 Å². The number of piperidine rings is 1. The highest BCUT2D eigenvalue weighted by atomic mass is 32.1. The minimum absolute atomic E-state index is 0.00850. The highest BCUT2D eigenvalue weighted by Gasteiger charge is 2.43. The molecule has 0 unspecified atom stereocenters. The molecular weight excluding hydrogens is 616 g/mol. The van der Waals surface area contributed by atoms with E-state index in [4.69, 9.17) is 17.0 Å². The predicted octanol–water partition coefficient (Wildman–Crippen LogP) is 4.36. The molecule has 0 radical (unpaired) electrons. The number of carbonyl (C=O) groups is 2. The van der Waals surface area contributed by atoms with Gasteiger partial charge in [0, 0.05) is 39.3 Å². The highest BCUT2D eigenvalue weighted by molar-refractivity contribution is 7.80. The summed E-state index contributed by atoms with van der Waals surface area (Å²) in [5.41, 5.74) is 3.27. The number of hydrogen-bond acceptors (Lipinski definition) is 8. The normalized spacial score (nSPS) is 16.4. The van der Waals surface area contributed by atoms with Crippen molar-refractivity contribution in [3.8, 4) is 0 Å². The number of anilines is 2. The van der Waals surface area contributed by atoms with Crippen molar-refractivity contribution >= 4 is 41.0 Å². The molecule has 1 aromatic carbocycles. The molecule has 0 spiro atoms. The molecule has 1 saturated carbocycles. The van der Waals surface area contributed by atoms with E-state index in [1.807, 2.05) is 0 Å². The molecule has 11 nitrogen and oxygen atoms in total. The van der Waals surface area contributed by atoms with Gasteiger partial charge in [-0.1, -0.05) is 12.1 Å². The molecule has 246 valence electrons. The van der Waals surface area contributed by atoms with Crippen LogP contribution in [0.1, 0.15) is 57.6 Å². The Morgan fingerprint density at radius 2 is 1.73 bits per heavy atom. The van der Waals surface area contributed by atoms with Crippen molar-refractivity contribution in [3.63, 3.8) is 0 Å². The molecule has 2 fully saturated rings. The fourth-order valence-electron chi connectivity index (χ4n) is 4.93. The number of amides is 2. The highest BCUT2D eigenvalue weighted by Crippen LogP contribution is 2.37. The summed E-state index contributed by atoms with van der Waals surface area (Å²) in [4.78, 5) is 37.6. The Labute approximate surface area is 264 Å². The SMILES string of the molecule is CNC(=S)NNC(=O)C1(CNc2ncnc(N(Cc3ccc(C(F)(F)F)cc3)C3CC3)c2F)CCN(C(=O)OC(C)(C)C)CC1. The van der Waals surface area contributed by atoms with E-state index in [1.165, 1.54) is 23.4 Å². The van der Waals surface area contributed by atoms with E-state index < -0.39 is 40.6 Å². The molecule has 1 aliphatic heterocycles. The minimum atomic E-state index is -4.45. The molecule has 2 amide bonds. The molecule has 1 aliphatic carbocycles. The molecule has 0 bridgehead atoms. The molecule has 4 N–H and O–H groups in total. The molecule has 2 heterocycles. The standard InChI is InChI=1S/C29H38F4N8O3S/c1-27(2,3)44-26(43)40-13-11-28(12-14-40,24(42)38-39-25(45)34-4)16-35-22-21(30)23(37-17-36-22)41(20-9-10-20)15-18-5-7-19(8-6-18)29(31,32)33/h5-8,17,20H,9-16H2,1-4H3,(H,38,42)(H2,34,39,45)(H,35,36,37). The summed E-state index contributed by atoms with van der Waals surface area (Å²) >= 11 is 5.06.